The van der Waals surface area contributed by atoms with Gasteiger partial charge in [-0.25, -0.2) is 0 Å². The van der Waals surface area contributed by atoms with Gasteiger partial charge in [0.05, 0.1) is 5.02 Å². The van der Waals surface area contributed by atoms with Gasteiger partial charge in [-0.15, -0.1) is 11.3 Å². The van der Waals surface area contributed by atoms with E-state index >= 15 is 0 Å². The van der Waals surface area contributed by atoms with Crippen molar-refractivity contribution >= 4 is 22.9 Å². The monoisotopic (exact) mass is 265 g/mol. The first-order chi connectivity index (χ1) is 8.16. The Bertz CT molecular complexity index is 492. The van der Waals surface area contributed by atoms with Gasteiger partial charge in [-0.2, -0.15) is 0 Å². The fraction of sp³-hybridized carbons (Fsp3) is 0.286. The van der Waals surface area contributed by atoms with Crippen LogP contribution in [0, 0.1) is 6.92 Å². The summed E-state index contributed by atoms with van der Waals surface area (Å²) in [7, 11) is 0. The lowest BCUT2D eigenvalue weighted by atomic mass is 10.0. The molecule has 2 aromatic rings. The zero-order valence-electron chi connectivity index (χ0n) is 9.82. The van der Waals surface area contributed by atoms with Gasteiger partial charge in [0.25, 0.3) is 0 Å². The smallest absolute Gasteiger partial charge is 0.0561 e. The van der Waals surface area contributed by atoms with E-state index in [1.54, 1.807) is 11.3 Å². The maximum absolute atomic E-state index is 6.15. The molecule has 3 heteroatoms. The quantitative estimate of drug-likeness (QED) is 0.874. The Morgan fingerprint density at radius 2 is 2.18 bits per heavy atom. The van der Waals surface area contributed by atoms with Gasteiger partial charge in [-0.05, 0) is 36.8 Å². The van der Waals surface area contributed by atoms with Gasteiger partial charge < -0.3 is 5.73 Å². The molecule has 90 valence electrons. The third kappa shape index (κ3) is 3.32. The summed E-state index contributed by atoms with van der Waals surface area (Å²) in [6.07, 6.45) is 1.93. The molecule has 0 amide bonds. The molecule has 1 aromatic carbocycles. The van der Waals surface area contributed by atoms with Crippen molar-refractivity contribution in [3.63, 3.8) is 0 Å². The molecule has 1 unspecified atom stereocenters. The average molecular weight is 266 g/mol. The summed E-state index contributed by atoms with van der Waals surface area (Å²) in [5.74, 6) is 0. The molecule has 1 nitrogen and oxygen atoms in total. The Labute approximate surface area is 111 Å². The van der Waals surface area contributed by atoms with Crippen molar-refractivity contribution < 1.29 is 0 Å². The third-order valence-electron chi connectivity index (χ3n) is 2.81. The van der Waals surface area contributed by atoms with E-state index in [1.165, 1.54) is 11.1 Å². The molecule has 0 aliphatic carbocycles. The Hall–Kier alpha value is -0.830. The Morgan fingerprint density at radius 3 is 2.82 bits per heavy atom. The van der Waals surface area contributed by atoms with Crippen molar-refractivity contribution in [2.75, 3.05) is 0 Å². The summed E-state index contributed by atoms with van der Waals surface area (Å²) in [5, 5.41) is 2.79. The van der Waals surface area contributed by atoms with Gasteiger partial charge in [0, 0.05) is 10.9 Å². The van der Waals surface area contributed by atoms with Crippen molar-refractivity contribution in [2.45, 2.75) is 25.8 Å². The summed E-state index contributed by atoms with van der Waals surface area (Å²) < 4.78 is 0. The van der Waals surface area contributed by atoms with Crippen LogP contribution in [-0.2, 0) is 6.42 Å². The molecule has 0 bridgehead atoms. The molecular formula is C14H16ClNS. The lowest BCUT2D eigenvalue weighted by Gasteiger charge is -2.10. The Morgan fingerprint density at radius 1 is 1.35 bits per heavy atom. The Balaban J connectivity index is 1.97. The first-order valence-electron chi connectivity index (χ1n) is 5.71. The first kappa shape index (κ1) is 12.6. The van der Waals surface area contributed by atoms with E-state index in [0.717, 1.165) is 22.7 Å². The molecule has 1 heterocycles. The number of hydrogen-bond acceptors (Lipinski definition) is 2. The minimum atomic E-state index is 0.0445. The lowest BCUT2D eigenvalue weighted by molar-refractivity contribution is 0.662. The number of rotatable bonds is 4. The van der Waals surface area contributed by atoms with Crippen LogP contribution in [0.5, 0.6) is 0 Å². The normalized spacial score (nSPS) is 12.6. The fourth-order valence-corrected chi connectivity index (χ4v) is 3.13. The minimum absolute atomic E-state index is 0.0445. The maximum Gasteiger partial charge on any atom is 0.0561 e. The average Bonchev–Trinajstić information content (AvgIpc) is 2.72. The van der Waals surface area contributed by atoms with Crippen LogP contribution >= 0.6 is 22.9 Å². The van der Waals surface area contributed by atoms with Crippen LogP contribution in [0.2, 0.25) is 5.02 Å². The van der Waals surface area contributed by atoms with Crippen LogP contribution < -0.4 is 5.73 Å². The number of nitrogens with two attached hydrogens (primary N) is 1. The third-order valence-corrected chi connectivity index (χ3v) is 4.30. The van der Waals surface area contributed by atoms with E-state index in [-0.39, 0.29) is 6.04 Å². The molecule has 0 radical (unpaired) electrons. The molecular weight excluding hydrogens is 250 g/mol. The summed E-state index contributed by atoms with van der Waals surface area (Å²) in [6.45, 7) is 2.11. The van der Waals surface area contributed by atoms with E-state index in [4.69, 9.17) is 17.3 Å². The number of thiophene rings is 1. The molecule has 0 aliphatic heterocycles. The molecule has 2 rings (SSSR count). The van der Waals surface area contributed by atoms with Gasteiger partial charge in [-0.3, -0.25) is 0 Å². The van der Waals surface area contributed by atoms with Crippen LogP contribution in [0.25, 0.3) is 0 Å². The molecule has 1 atom stereocenters. The van der Waals surface area contributed by atoms with Crippen molar-refractivity contribution in [3.8, 4) is 0 Å². The minimum Gasteiger partial charge on any atom is -0.323 e. The second-order valence-corrected chi connectivity index (χ2v) is 5.62. The highest BCUT2D eigenvalue weighted by Gasteiger charge is 2.11. The van der Waals surface area contributed by atoms with Gasteiger partial charge >= 0.3 is 0 Å². The number of aryl methyl sites for hydroxylation is 2. The molecule has 17 heavy (non-hydrogen) atoms. The number of hydrogen-bond donors (Lipinski definition) is 1. The SMILES string of the molecule is Cc1cccc(CCC(N)c2sccc2Cl)c1. The van der Waals surface area contributed by atoms with Crippen molar-refractivity contribution in [2.24, 2.45) is 5.73 Å². The van der Waals surface area contributed by atoms with Crippen LogP contribution in [0.15, 0.2) is 35.7 Å². The van der Waals surface area contributed by atoms with Crippen LogP contribution in [-0.4, -0.2) is 0 Å². The molecule has 1 aromatic heterocycles. The highest BCUT2D eigenvalue weighted by molar-refractivity contribution is 7.10. The molecule has 0 spiro atoms. The van der Waals surface area contributed by atoms with Crippen molar-refractivity contribution in [3.05, 3.63) is 56.7 Å². The van der Waals surface area contributed by atoms with E-state index in [1.807, 2.05) is 11.4 Å². The molecule has 0 fully saturated rings. The van der Waals surface area contributed by atoms with E-state index in [0.29, 0.717) is 0 Å². The second kappa shape index (κ2) is 5.67. The van der Waals surface area contributed by atoms with E-state index in [2.05, 4.69) is 31.2 Å². The van der Waals surface area contributed by atoms with Crippen molar-refractivity contribution in [1.29, 1.82) is 0 Å². The lowest BCUT2D eigenvalue weighted by Crippen LogP contribution is -2.10. The van der Waals surface area contributed by atoms with Crippen LogP contribution in [0.4, 0.5) is 0 Å². The summed E-state index contributed by atoms with van der Waals surface area (Å²) >= 11 is 7.71. The standard InChI is InChI=1S/C14H16ClNS/c1-10-3-2-4-11(9-10)5-6-13(16)14-12(15)7-8-17-14/h2-4,7-9,13H,5-6,16H2,1H3. The summed E-state index contributed by atoms with van der Waals surface area (Å²) in [4.78, 5) is 1.10. The molecule has 0 saturated carbocycles. The van der Waals surface area contributed by atoms with Crippen LogP contribution in [0.1, 0.15) is 28.5 Å². The largest absolute Gasteiger partial charge is 0.323 e. The zero-order valence-corrected chi connectivity index (χ0v) is 11.4. The second-order valence-electron chi connectivity index (χ2n) is 4.27. The van der Waals surface area contributed by atoms with E-state index in [9.17, 15) is 0 Å². The van der Waals surface area contributed by atoms with Crippen molar-refractivity contribution in [1.82, 2.24) is 0 Å². The van der Waals surface area contributed by atoms with Gasteiger partial charge in [0.15, 0.2) is 0 Å². The molecule has 2 N–H and O–H groups in total. The summed E-state index contributed by atoms with van der Waals surface area (Å²) in [5.41, 5.74) is 8.79. The fourth-order valence-electron chi connectivity index (χ4n) is 1.89. The predicted molar refractivity (Wildman–Crippen MR) is 75.8 cm³/mol. The topological polar surface area (TPSA) is 26.0 Å². The highest BCUT2D eigenvalue weighted by atomic mass is 35.5. The van der Waals surface area contributed by atoms with Gasteiger partial charge in [0.1, 0.15) is 0 Å². The molecule has 0 saturated heterocycles. The highest BCUT2D eigenvalue weighted by Crippen LogP contribution is 2.29. The predicted octanol–water partition coefficient (Wildman–Crippen LogP) is 4.34. The maximum atomic E-state index is 6.15. The van der Waals surface area contributed by atoms with Crippen LogP contribution in [0.3, 0.4) is 0 Å². The Kier molecular flexibility index (Phi) is 4.21. The number of benzene rings is 1. The first-order valence-corrected chi connectivity index (χ1v) is 6.96. The van der Waals surface area contributed by atoms with Gasteiger partial charge in [-0.1, -0.05) is 41.4 Å². The molecule has 0 aliphatic rings. The van der Waals surface area contributed by atoms with Gasteiger partial charge in [0.2, 0.25) is 0 Å². The summed E-state index contributed by atoms with van der Waals surface area (Å²) in [6, 6.07) is 10.5. The zero-order chi connectivity index (χ0) is 12.3. The van der Waals surface area contributed by atoms with E-state index < -0.39 is 0 Å². The number of halogens is 1.